The molecule has 1 atom stereocenters. The lowest BCUT2D eigenvalue weighted by Gasteiger charge is -2.32. The second-order valence-electron chi connectivity index (χ2n) is 8.99. The van der Waals surface area contributed by atoms with Gasteiger partial charge in [0, 0.05) is 22.5 Å². The van der Waals surface area contributed by atoms with Gasteiger partial charge in [-0.3, -0.25) is 4.79 Å². The molecule has 1 heterocycles. The first-order chi connectivity index (χ1) is 17.3. The Morgan fingerprint density at radius 1 is 1.03 bits per heavy atom. The van der Waals surface area contributed by atoms with Crippen molar-refractivity contribution in [3.63, 3.8) is 0 Å². The van der Waals surface area contributed by atoms with E-state index in [9.17, 15) is 14.4 Å². The Hall–Kier alpha value is -4.18. The highest BCUT2D eigenvalue weighted by Gasteiger charge is 2.42. The van der Waals surface area contributed by atoms with Crippen LogP contribution in [0, 0.1) is 11.3 Å². The van der Waals surface area contributed by atoms with Crippen molar-refractivity contribution in [2.45, 2.75) is 52.6 Å². The molecule has 2 aliphatic rings. The monoisotopic (exact) mass is 484 g/mol. The molecular formula is C29H28N2O5. The highest BCUT2D eigenvalue weighted by molar-refractivity contribution is 6.22. The molecular weight excluding hydrogens is 456 g/mol. The Bertz CT molecular complexity index is 1360. The van der Waals surface area contributed by atoms with Crippen molar-refractivity contribution in [2.24, 2.45) is 0 Å². The summed E-state index contributed by atoms with van der Waals surface area (Å²) in [5.74, 6) is -2.08. The van der Waals surface area contributed by atoms with Crippen molar-refractivity contribution < 1.29 is 23.9 Å². The number of ether oxygens (including phenoxy) is 2. The Labute approximate surface area is 210 Å². The van der Waals surface area contributed by atoms with Crippen LogP contribution in [-0.4, -0.2) is 30.4 Å². The molecule has 2 aromatic carbocycles. The van der Waals surface area contributed by atoms with Crippen LogP contribution in [0.3, 0.4) is 0 Å². The summed E-state index contributed by atoms with van der Waals surface area (Å²) in [6, 6.07) is 14.7. The van der Waals surface area contributed by atoms with Crippen molar-refractivity contribution in [1.29, 1.82) is 5.26 Å². The zero-order valence-electron chi connectivity index (χ0n) is 20.8. The van der Waals surface area contributed by atoms with E-state index in [1.54, 1.807) is 39.0 Å². The zero-order valence-corrected chi connectivity index (χ0v) is 20.8. The first-order valence-electron chi connectivity index (χ1n) is 12.0. The summed E-state index contributed by atoms with van der Waals surface area (Å²) in [6.45, 7) is 7.14. The van der Waals surface area contributed by atoms with Gasteiger partial charge in [0.15, 0.2) is 5.78 Å². The zero-order chi connectivity index (χ0) is 26.0. The number of nitriles is 1. The molecule has 0 saturated carbocycles. The molecule has 1 aliphatic heterocycles. The van der Waals surface area contributed by atoms with Crippen molar-refractivity contribution >= 4 is 17.7 Å². The van der Waals surface area contributed by atoms with Gasteiger partial charge in [-0.2, -0.15) is 5.26 Å². The minimum Gasteiger partial charge on any atom is -0.461 e. The number of esters is 2. The summed E-state index contributed by atoms with van der Waals surface area (Å²) in [6.07, 6.45) is 0.181. The van der Waals surface area contributed by atoms with Crippen molar-refractivity contribution in [3.8, 4) is 17.2 Å². The van der Waals surface area contributed by atoms with Gasteiger partial charge in [0.2, 0.25) is 0 Å². The quantitative estimate of drug-likeness (QED) is 0.374. The highest BCUT2D eigenvalue weighted by atomic mass is 16.5. The number of hydrogen-bond acceptors (Lipinski definition) is 7. The number of ketones is 1. The average Bonchev–Trinajstić information content (AvgIpc) is 3.15. The molecule has 184 valence electrons. The summed E-state index contributed by atoms with van der Waals surface area (Å²) in [7, 11) is 0. The van der Waals surface area contributed by atoms with Crippen LogP contribution >= 0.6 is 0 Å². The molecule has 1 aliphatic carbocycles. The molecule has 0 spiro atoms. The minimum atomic E-state index is -0.823. The molecule has 0 saturated heterocycles. The van der Waals surface area contributed by atoms with E-state index in [0.29, 0.717) is 45.6 Å². The van der Waals surface area contributed by atoms with E-state index < -0.39 is 17.9 Å². The maximum absolute atomic E-state index is 13.5. The first kappa shape index (κ1) is 24.9. The van der Waals surface area contributed by atoms with Crippen LogP contribution < -0.4 is 5.32 Å². The van der Waals surface area contributed by atoms with Crippen LogP contribution in [0.4, 0.5) is 0 Å². The number of carbonyl (C=O) groups excluding carboxylic acids is 3. The summed E-state index contributed by atoms with van der Waals surface area (Å²) < 4.78 is 11.1. The van der Waals surface area contributed by atoms with Gasteiger partial charge < -0.3 is 14.8 Å². The topological polar surface area (TPSA) is 105 Å². The molecule has 7 heteroatoms. The molecule has 1 N–H and O–H groups in total. The van der Waals surface area contributed by atoms with Gasteiger partial charge in [0.25, 0.3) is 0 Å². The lowest BCUT2D eigenvalue weighted by Crippen LogP contribution is -2.34. The van der Waals surface area contributed by atoms with Gasteiger partial charge in [-0.1, -0.05) is 49.4 Å². The molecule has 0 radical (unpaired) electrons. The third kappa shape index (κ3) is 4.31. The minimum absolute atomic E-state index is 0.0527. The smallest absolute Gasteiger partial charge is 0.337 e. The predicted molar refractivity (Wildman–Crippen MR) is 134 cm³/mol. The van der Waals surface area contributed by atoms with Crippen molar-refractivity contribution in [1.82, 2.24) is 5.32 Å². The lowest BCUT2D eigenvalue weighted by atomic mass is 9.77. The number of nitrogens with zero attached hydrogens (tertiary/aromatic N) is 1. The second kappa shape index (κ2) is 10.2. The standard InChI is InChI=1S/C29H28N2O5/c1-5-22-26(29(34)36-16(2)3)25(23(17(4)31-22)28(33)35-15-9-14-30)20-12-8-13-21-24(20)18-10-6-7-11-19(18)27(21)32/h6-8,10-13,16,25,31H,5,9,15H2,1-4H3. The molecule has 1 unspecified atom stereocenters. The maximum atomic E-state index is 13.5. The Kier molecular flexibility index (Phi) is 7.07. The van der Waals surface area contributed by atoms with Crippen molar-refractivity contribution in [3.05, 3.63) is 81.7 Å². The fourth-order valence-corrected chi connectivity index (χ4v) is 4.89. The van der Waals surface area contributed by atoms with Crippen LogP contribution in [-0.2, 0) is 19.1 Å². The second-order valence-corrected chi connectivity index (χ2v) is 8.99. The van der Waals surface area contributed by atoms with Gasteiger partial charge in [0.1, 0.15) is 6.61 Å². The molecule has 2 aromatic rings. The fourth-order valence-electron chi connectivity index (χ4n) is 4.89. The van der Waals surface area contributed by atoms with Gasteiger partial charge in [0.05, 0.1) is 35.7 Å². The van der Waals surface area contributed by atoms with Crippen LogP contribution in [0.2, 0.25) is 0 Å². The third-order valence-corrected chi connectivity index (χ3v) is 6.32. The summed E-state index contributed by atoms with van der Waals surface area (Å²) >= 11 is 0. The van der Waals surface area contributed by atoms with E-state index in [1.165, 1.54) is 0 Å². The van der Waals surface area contributed by atoms with Gasteiger partial charge in [-0.25, -0.2) is 9.59 Å². The van der Waals surface area contributed by atoms with E-state index in [2.05, 4.69) is 5.32 Å². The number of nitrogens with one attached hydrogen (secondary N) is 1. The highest BCUT2D eigenvalue weighted by Crippen LogP contribution is 2.47. The number of benzene rings is 2. The summed E-state index contributed by atoms with van der Waals surface area (Å²) in [4.78, 5) is 40.1. The molecule has 0 amide bonds. The van der Waals surface area contributed by atoms with E-state index in [-0.39, 0.29) is 30.5 Å². The first-order valence-corrected chi connectivity index (χ1v) is 12.0. The van der Waals surface area contributed by atoms with E-state index in [0.717, 1.165) is 5.56 Å². The van der Waals surface area contributed by atoms with Gasteiger partial charge in [-0.15, -0.1) is 0 Å². The lowest BCUT2D eigenvalue weighted by molar-refractivity contribution is -0.143. The SMILES string of the molecule is CCC1=C(C(=O)OC(C)C)C(c2cccc3c2-c2ccccc2C3=O)C(C(=O)OCCC#N)=C(C)N1. The number of fused-ring (bicyclic) bond motifs is 3. The predicted octanol–water partition coefficient (Wildman–Crippen LogP) is 4.93. The molecule has 0 fully saturated rings. The van der Waals surface area contributed by atoms with Crippen molar-refractivity contribution in [2.75, 3.05) is 6.61 Å². The Balaban J connectivity index is 1.97. The molecule has 4 rings (SSSR count). The van der Waals surface area contributed by atoms with Gasteiger partial charge in [-0.05, 0) is 43.9 Å². The average molecular weight is 485 g/mol. The molecule has 0 aromatic heterocycles. The Morgan fingerprint density at radius 3 is 2.39 bits per heavy atom. The van der Waals surface area contributed by atoms with E-state index in [4.69, 9.17) is 14.7 Å². The Morgan fingerprint density at radius 2 is 1.72 bits per heavy atom. The maximum Gasteiger partial charge on any atom is 0.337 e. The molecule has 0 bridgehead atoms. The largest absolute Gasteiger partial charge is 0.461 e. The van der Waals surface area contributed by atoms with Gasteiger partial charge >= 0.3 is 11.9 Å². The molecule has 36 heavy (non-hydrogen) atoms. The fraction of sp³-hybridized carbons (Fsp3) is 0.310. The number of rotatable bonds is 7. The third-order valence-electron chi connectivity index (χ3n) is 6.32. The molecule has 7 nitrogen and oxygen atoms in total. The number of dihydropyridines is 1. The van der Waals surface area contributed by atoms with Crippen LogP contribution in [0.25, 0.3) is 11.1 Å². The summed E-state index contributed by atoms with van der Waals surface area (Å²) in [5.41, 5.74) is 4.99. The van der Waals surface area contributed by atoms with Crippen LogP contribution in [0.1, 0.15) is 67.9 Å². The summed E-state index contributed by atoms with van der Waals surface area (Å²) in [5, 5.41) is 12.1. The van der Waals surface area contributed by atoms with Crippen LogP contribution in [0.15, 0.2) is 65.0 Å². The van der Waals surface area contributed by atoms with E-state index in [1.807, 2.05) is 37.3 Å². The van der Waals surface area contributed by atoms with Crippen LogP contribution in [0.5, 0.6) is 0 Å². The number of hydrogen-bond donors (Lipinski definition) is 1. The number of carbonyl (C=O) groups is 3. The van der Waals surface area contributed by atoms with E-state index >= 15 is 0 Å². The normalized spacial score (nSPS) is 16.3. The number of allylic oxidation sites excluding steroid dienone is 2.